The van der Waals surface area contributed by atoms with Crippen LogP contribution in [0.3, 0.4) is 0 Å². The topological polar surface area (TPSA) is 47.6 Å². The van der Waals surface area contributed by atoms with E-state index >= 15 is 0 Å². The van der Waals surface area contributed by atoms with Crippen LogP contribution in [-0.2, 0) is 16.3 Å². The molecule has 1 aliphatic rings. The van der Waals surface area contributed by atoms with Crippen molar-refractivity contribution in [1.29, 1.82) is 0 Å². The molecule has 1 amide bonds. The summed E-state index contributed by atoms with van der Waals surface area (Å²) in [7, 11) is 1.58. The molecule has 28 heavy (non-hydrogen) atoms. The molecule has 1 aliphatic heterocycles. The maximum atomic E-state index is 13.2. The zero-order valence-corrected chi connectivity index (χ0v) is 15.5. The second-order valence-corrected chi connectivity index (χ2v) is 6.85. The van der Waals surface area contributed by atoms with E-state index in [1.54, 1.807) is 7.11 Å². The first kappa shape index (κ1) is 20.2. The first-order valence-electron chi connectivity index (χ1n) is 9.02. The Morgan fingerprint density at radius 2 is 1.75 bits per heavy atom. The van der Waals surface area contributed by atoms with Gasteiger partial charge in [-0.1, -0.05) is 24.3 Å². The van der Waals surface area contributed by atoms with Gasteiger partial charge in [0.1, 0.15) is 5.75 Å². The van der Waals surface area contributed by atoms with E-state index in [4.69, 9.17) is 9.47 Å². The predicted octanol–water partition coefficient (Wildman–Crippen LogP) is 4.19. The second-order valence-electron chi connectivity index (χ2n) is 6.85. The largest absolute Gasteiger partial charge is 0.497 e. The number of amides is 1. The molecule has 7 heteroatoms. The smallest absolute Gasteiger partial charge is 0.417 e. The van der Waals surface area contributed by atoms with E-state index in [-0.39, 0.29) is 12.1 Å². The van der Waals surface area contributed by atoms with Gasteiger partial charge < -0.3 is 14.8 Å². The van der Waals surface area contributed by atoms with Crippen molar-refractivity contribution in [3.05, 3.63) is 65.2 Å². The van der Waals surface area contributed by atoms with Gasteiger partial charge in [0.25, 0.3) is 5.91 Å². The Bertz CT molecular complexity index is 812. The third-order valence-corrected chi connectivity index (χ3v) is 5.22. The molecule has 1 heterocycles. The minimum Gasteiger partial charge on any atom is -0.497 e. The Hall–Kier alpha value is -2.54. The molecule has 0 aliphatic carbocycles. The zero-order chi connectivity index (χ0) is 20.2. The highest BCUT2D eigenvalue weighted by Gasteiger charge is 2.37. The third-order valence-electron chi connectivity index (χ3n) is 5.22. The lowest BCUT2D eigenvalue weighted by Gasteiger charge is -2.38. The number of alkyl halides is 3. The monoisotopic (exact) mass is 393 g/mol. The molecule has 0 saturated carbocycles. The molecule has 1 fully saturated rings. The highest BCUT2D eigenvalue weighted by atomic mass is 19.4. The summed E-state index contributed by atoms with van der Waals surface area (Å²) in [4.78, 5) is 12.6. The maximum absolute atomic E-state index is 13.2. The molecule has 3 rings (SSSR count). The number of carbonyl (C=O) groups excluding carboxylic acids is 1. The molecule has 2 aromatic rings. The van der Waals surface area contributed by atoms with Crippen molar-refractivity contribution in [3.63, 3.8) is 0 Å². The Labute approximate surface area is 161 Å². The molecular formula is C21H22F3NO3. The van der Waals surface area contributed by atoms with Crippen molar-refractivity contribution in [2.24, 2.45) is 0 Å². The van der Waals surface area contributed by atoms with Crippen LogP contribution in [-0.4, -0.2) is 32.8 Å². The van der Waals surface area contributed by atoms with Crippen LogP contribution < -0.4 is 10.1 Å². The van der Waals surface area contributed by atoms with Gasteiger partial charge in [0, 0.05) is 25.2 Å². The Balaban J connectivity index is 1.82. The van der Waals surface area contributed by atoms with Gasteiger partial charge in [-0.15, -0.1) is 0 Å². The highest BCUT2D eigenvalue weighted by Crippen LogP contribution is 2.36. The van der Waals surface area contributed by atoms with Crippen molar-refractivity contribution >= 4 is 5.91 Å². The van der Waals surface area contributed by atoms with Crippen LogP contribution in [0.5, 0.6) is 5.75 Å². The summed E-state index contributed by atoms with van der Waals surface area (Å²) >= 11 is 0. The lowest BCUT2D eigenvalue weighted by Crippen LogP contribution is -2.44. The van der Waals surface area contributed by atoms with Crippen LogP contribution >= 0.6 is 0 Å². The van der Waals surface area contributed by atoms with Crippen LogP contribution in [0.2, 0.25) is 0 Å². The van der Waals surface area contributed by atoms with Gasteiger partial charge >= 0.3 is 6.18 Å². The van der Waals surface area contributed by atoms with Crippen molar-refractivity contribution < 1.29 is 27.4 Å². The van der Waals surface area contributed by atoms with E-state index in [0.717, 1.165) is 11.6 Å². The Morgan fingerprint density at radius 3 is 2.36 bits per heavy atom. The molecule has 4 nitrogen and oxygen atoms in total. The number of rotatable bonds is 5. The van der Waals surface area contributed by atoms with E-state index < -0.39 is 23.1 Å². The average Bonchev–Trinajstić information content (AvgIpc) is 2.72. The Kier molecular flexibility index (Phi) is 5.93. The standard InChI is InChI=1S/C21H22F3NO3/c1-27-16-8-6-15(7-9-16)20(10-12-28-13-11-20)14-25-19(26)17-4-2-3-5-18(17)21(22,23)24/h2-9H,10-14H2,1H3,(H,25,26). The number of hydrogen-bond acceptors (Lipinski definition) is 3. The second kappa shape index (κ2) is 8.22. The first-order valence-corrected chi connectivity index (χ1v) is 9.02. The van der Waals surface area contributed by atoms with Crippen molar-refractivity contribution in [3.8, 4) is 5.75 Å². The first-order chi connectivity index (χ1) is 13.4. The van der Waals surface area contributed by atoms with Crippen LogP contribution in [0.15, 0.2) is 48.5 Å². The fourth-order valence-corrected chi connectivity index (χ4v) is 3.55. The van der Waals surface area contributed by atoms with E-state index in [0.29, 0.717) is 31.8 Å². The van der Waals surface area contributed by atoms with Crippen molar-refractivity contribution in [2.45, 2.75) is 24.4 Å². The number of carbonyl (C=O) groups is 1. The normalized spacial score (nSPS) is 16.4. The molecule has 0 atom stereocenters. The molecular weight excluding hydrogens is 371 g/mol. The predicted molar refractivity (Wildman–Crippen MR) is 98.5 cm³/mol. The van der Waals surface area contributed by atoms with E-state index in [9.17, 15) is 18.0 Å². The molecule has 150 valence electrons. The molecule has 2 aromatic carbocycles. The van der Waals surface area contributed by atoms with Gasteiger partial charge in [-0.05, 0) is 42.7 Å². The molecule has 0 radical (unpaired) electrons. The maximum Gasteiger partial charge on any atom is 0.417 e. The van der Waals surface area contributed by atoms with Gasteiger partial charge in [-0.2, -0.15) is 13.2 Å². The summed E-state index contributed by atoms with van der Waals surface area (Å²) in [6, 6.07) is 12.4. The fourth-order valence-electron chi connectivity index (χ4n) is 3.55. The van der Waals surface area contributed by atoms with Crippen molar-refractivity contribution in [1.82, 2.24) is 5.32 Å². The summed E-state index contributed by atoms with van der Waals surface area (Å²) in [5, 5.41) is 2.72. The molecule has 1 saturated heterocycles. The minimum atomic E-state index is -4.58. The minimum absolute atomic E-state index is 0.230. The van der Waals surface area contributed by atoms with Crippen LogP contribution in [0.1, 0.15) is 34.3 Å². The number of ether oxygens (including phenoxy) is 2. The van der Waals surface area contributed by atoms with Crippen LogP contribution in [0.4, 0.5) is 13.2 Å². The lowest BCUT2D eigenvalue weighted by atomic mass is 9.74. The van der Waals surface area contributed by atoms with Gasteiger partial charge in [0.2, 0.25) is 0 Å². The van der Waals surface area contributed by atoms with Crippen LogP contribution in [0.25, 0.3) is 0 Å². The highest BCUT2D eigenvalue weighted by molar-refractivity contribution is 5.95. The van der Waals surface area contributed by atoms with E-state index in [1.165, 1.54) is 18.2 Å². The number of halogens is 3. The van der Waals surface area contributed by atoms with E-state index in [1.807, 2.05) is 24.3 Å². The van der Waals surface area contributed by atoms with Gasteiger partial charge in [-0.3, -0.25) is 4.79 Å². The zero-order valence-electron chi connectivity index (χ0n) is 15.5. The van der Waals surface area contributed by atoms with Crippen LogP contribution in [0, 0.1) is 0 Å². The molecule has 0 bridgehead atoms. The van der Waals surface area contributed by atoms with Gasteiger partial charge in [0.15, 0.2) is 0 Å². The summed E-state index contributed by atoms with van der Waals surface area (Å²) in [6.45, 7) is 1.29. The van der Waals surface area contributed by atoms with E-state index in [2.05, 4.69) is 5.32 Å². The van der Waals surface area contributed by atoms with Gasteiger partial charge in [-0.25, -0.2) is 0 Å². The fraction of sp³-hybridized carbons (Fsp3) is 0.381. The summed E-state index contributed by atoms with van der Waals surface area (Å²) in [5.74, 6) is -0.0126. The number of nitrogens with one attached hydrogen (secondary N) is 1. The molecule has 0 unspecified atom stereocenters. The summed E-state index contributed by atoms with van der Waals surface area (Å²) in [6.07, 6.45) is -3.25. The summed E-state index contributed by atoms with van der Waals surface area (Å²) in [5.41, 5.74) is -0.696. The van der Waals surface area contributed by atoms with Crippen molar-refractivity contribution in [2.75, 3.05) is 26.9 Å². The quantitative estimate of drug-likeness (QED) is 0.829. The SMILES string of the molecule is COc1ccc(C2(CNC(=O)c3ccccc3C(F)(F)F)CCOCC2)cc1. The number of hydrogen-bond donors (Lipinski definition) is 1. The molecule has 0 spiro atoms. The lowest BCUT2D eigenvalue weighted by molar-refractivity contribution is -0.137. The summed E-state index contributed by atoms with van der Waals surface area (Å²) < 4.78 is 50.3. The number of methoxy groups -OCH3 is 1. The number of benzene rings is 2. The molecule has 1 N–H and O–H groups in total. The average molecular weight is 393 g/mol. The Morgan fingerprint density at radius 1 is 1.11 bits per heavy atom. The molecule has 0 aromatic heterocycles. The van der Waals surface area contributed by atoms with Gasteiger partial charge in [0.05, 0.1) is 18.2 Å². The third kappa shape index (κ3) is 4.30.